The van der Waals surface area contributed by atoms with Crippen LogP contribution in [0.25, 0.3) is 11.0 Å². The lowest BCUT2D eigenvalue weighted by Gasteiger charge is -2.07. The molecule has 0 spiro atoms. The second-order valence-corrected chi connectivity index (χ2v) is 9.57. The first kappa shape index (κ1) is 21.9. The minimum absolute atomic E-state index is 0.0321. The van der Waals surface area contributed by atoms with Gasteiger partial charge in [0.15, 0.2) is 11.0 Å². The number of fused-ring (bicyclic) bond motifs is 1. The highest BCUT2D eigenvalue weighted by atomic mass is 32.2. The normalized spacial score (nSPS) is 11.4. The van der Waals surface area contributed by atoms with Crippen molar-refractivity contribution in [3.8, 4) is 5.75 Å². The SMILES string of the molecule is CCOc1ccc(NC(=O)CSc2[nH]c3ccccc3[n+]2S(=O)(=O)c2ccccc2)cc1. The molecule has 32 heavy (non-hydrogen) atoms. The van der Waals surface area contributed by atoms with Gasteiger partial charge < -0.3 is 10.1 Å². The summed E-state index contributed by atoms with van der Waals surface area (Å²) in [5.41, 5.74) is 1.83. The molecule has 0 fully saturated rings. The molecule has 0 aliphatic carbocycles. The Morgan fingerprint density at radius 2 is 1.69 bits per heavy atom. The van der Waals surface area contributed by atoms with Crippen LogP contribution in [0.4, 0.5) is 5.69 Å². The van der Waals surface area contributed by atoms with Gasteiger partial charge in [-0.05, 0) is 67.2 Å². The first-order valence-corrected chi connectivity index (χ1v) is 12.4. The number of thioether (sulfide) groups is 1. The van der Waals surface area contributed by atoms with Crippen molar-refractivity contribution in [1.82, 2.24) is 4.98 Å². The minimum atomic E-state index is -3.85. The molecule has 0 unspecified atom stereocenters. The van der Waals surface area contributed by atoms with Crippen LogP contribution in [-0.4, -0.2) is 31.7 Å². The van der Waals surface area contributed by atoms with Crippen LogP contribution in [0.2, 0.25) is 0 Å². The summed E-state index contributed by atoms with van der Waals surface area (Å²) in [6.07, 6.45) is 0. The average molecular weight is 469 g/mol. The lowest BCUT2D eigenvalue weighted by atomic mass is 10.3. The molecule has 0 aliphatic heterocycles. The van der Waals surface area contributed by atoms with Crippen LogP contribution in [0.1, 0.15) is 6.92 Å². The number of nitrogens with one attached hydrogen (secondary N) is 2. The van der Waals surface area contributed by atoms with E-state index in [2.05, 4.69) is 10.3 Å². The summed E-state index contributed by atoms with van der Waals surface area (Å²) in [5, 5.41) is 3.18. The molecule has 3 aromatic carbocycles. The highest BCUT2D eigenvalue weighted by Gasteiger charge is 2.31. The molecule has 164 valence electrons. The molecule has 0 bridgehead atoms. The number of rotatable bonds is 8. The number of anilines is 1. The van der Waals surface area contributed by atoms with Crippen molar-refractivity contribution in [3.63, 3.8) is 0 Å². The van der Waals surface area contributed by atoms with Crippen molar-refractivity contribution >= 4 is 44.4 Å². The van der Waals surface area contributed by atoms with Gasteiger partial charge in [0, 0.05) is 5.69 Å². The van der Waals surface area contributed by atoms with Crippen LogP contribution in [0.15, 0.2) is 88.9 Å². The van der Waals surface area contributed by atoms with E-state index >= 15 is 0 Å². The molecule has 4 aromatic rings. The molecule has 0 saturated carbocycles. The highest BCUT2D eigenvalue weighted by Crippen LogP contribution is 2.22. The maximum atomic E-state index is 13.4. The number of H-pyrrole nitrogens is 1. The molecule has 1 amide bonds. The Bertz CT molecular complexity index is 1330. The summed E-state index contributed by atoms with van der Waals surface area (Å²) >= 11 is 1.12. The van der Waals surface area contributed by atoms with Gasteiger partial charge in [0.05, 0.1) is 12.4 Å². The number of benzene rings is 3. The van der Waals surface area contributed by atoms with Gasteiger partial charge in [-0.1, -0.05) is 30.3 Å². The highest BCUT2D eigenvalue weighted by molar-refractivity contribution is 8.00. The van der Waals surface area contributed by atoms with Gasteiger partial charge >= 0.3 is 15.2 Å². The van der Waals surface area contributed by atoms with E-state index in [-0.39, 0.29) is 16.6 Å². The van der Waals surface area contributed by atoms with Gasteiger partial charge in [0.1, 0.15) is 10.6 Å². The predicted octanol–water partition coefficient (Wildman–Crippen LogP) is 3.82. The first-order valence-electron chi connectivity index (χ1n) is 9.98. The molecule has 0 radical (unpaired) electrons. The molecule has 9 heteroatoms. The third-order valence-corrected chi connectivity index (χ3v) is 7.43. The number of para-hydroxylation sites is 2. The number of nitrogens with zero attached hydrogens (tertiary/aromatic N) is 1. The summed E-state index contributed by atoms with van der Waals surface area (Å²) in [7, 11) is -3.85. The molecule has 0 aliphatic rings. The zero-order chi connectivity index (χ0) is 22.6. The van der Waals surface area contributed by atoms with E-state index in [1.165, 1.54) is 3.97 Å². The van der Waals surface area contributed by atoms with Crippen LogP contribution >= 0.6 is 11.8 Å². The number of ether oxygens (including phenoxy) is 1. The van der Waals surface area contributed by atoms with Gasteiger partial charge in [-0.2, -0.15) is 8.42 Å². The maximum Gasteiger partial charge on any atom is 0.336 e. The van der Waals surface area contributed by atoms with Crippen LogP contribution in [0, 0.1) is 0 Å². The average Bonchev–Trinajstić information content (AvgIpc) is 3.19. The fraction of sp³-hybridized carbons (Fsp3) is 0.130. The molecule has 1 heterocycles. The van der Waals surface area contributed by atoms with E-state index in [9.17, 15) is 13.2 Å². The van der Waals surface area contributed by atoms with Gasteiger partial charge in [-0.15, -0.1) is 3.97 Å². The molecule has 0 atom stereocenters. The molecular weight excluding hydrogens is 446 g/mol. The zero-order valence-corrected chi connectivity index (χ0v) is 18.9. The Hall–Kier alpha value is -3.30. The van der Waals surface area contributed by atoms with Crippen molar-refractivity contribution in [2.45, 2.75) is 17.0 Å². The maximum absolute atomic E-state index is 13.4. The van der Waals surface area contributed by atoms with Crippen molar-refractivity contribution in [1.29, 1.82) is 0 Å². The molecular formula is C23H22N3O4S2+. The minimum Gasteiger partial charge on any atom is -0.494 e. The van der Waals surface area contributed by atoms with Crippen LogP contribution in [-0.2, 0) is 14.8 Å². The van der Waals surface area contributed by atoms with Crippen LogP contribution in [0.5, 0.6) is 5.75 Å². The number of aromatic amines is 1. The summed E-state index contributed by atoms with van der Waals surface area (Å²) in [4.78, 5) is 15.8. The summed E-state index contributed by atoms with van der Waals surface area (Å²) in [5.74, 6) is 0.510. The van der Waals surface area contributed by atoms with Crippen molar-refractivity contribution < 1.29 is 21.9 Å². The van der Waals surface area contributed by atoms with Crippen molar-refractivity contribution in [3.05, 3.63) is 78.9 Å². The van der Waals surface area contributed by atoms with E-state index in [0.717, 1.165) is 17.5 Å². The predicted molar refractivity (Wildman–Crippen MR) is 124 cm³/mol. The number of aromatic nitrogens is 2. The Labute approximate surface area is 190 Å². The number of carbonyl (C=O) groups excluding carboxylic acids is 1. The largest absolute Gasteiger partial charge is 0.494 e. The monoisotopic (exact) mass is 468 g/mol. The Balaban J connectivity index is 1.57. The number of imidazole rings is 1. The topological polar surface area (TPSA) is 92.1 Å². The summed E-state index contributed by atoms with van der Waals surface area (Å²) < 4.78 is 33.4. The van der Waals surface area contributed by atoms with E-state index in [1.807, 2.05) is 13.0 Å². The van der Waals surface area contributed by atoms with Crippen LogP contribution < -0.4 is 14.0 Å². The van der Waals surface area contributed by atoms with Crippen molar-refractivity contribution in [2.24, 2.45) is 0 Å². The summed E-state index contributed by atoms with van der Waals surface area (Å²) in [6.45, 7) is 2.47. The van der Waals surface area contributed by atoms with E-state index in [0.29, 0.717) is 28.5 Å². The van der Waals surface area contributed by atoms with Gasteiger partial charge in [0.2, 0.25) is 5.91 Å². The molecule has 2 N–H and O–H groups in total. The van der Waals surface area contributed by atoms with Crippen molar-refractivity contribution in [2.75, 3.05) is 17.7 Å². The summed E-state index contributed by atoms with van der Waals surface area (Å²) in [6, 6.07) is 22.5. The lowest BCUT2D eigenvalue weighted by Crippen LogP contribution is -2.44. The van der Waals surface area contributed by atoms with Gasteiger partial charge in [-0.25, -0.2) is 4.98 Å². The van der Waals surface area contributed by atoms with Crippen LogP contribution in [0.3, 0.4) is 0 Å². The number of hydrogen-bond donors (Lipinski definition) is 2. The fourth-order valence-electron chi connectivity index (χ4n) is 3.20. The van der Waals surface area contributed by atoms with E-state index < -0.39 is 10.0 Å². The van der Waals surface area contributed by atoms with E-state index in [4.69, 9.17) is 4.74 Å². The molecule has 0 saturated heterocycles. The second-order valence-electron chi connectivity index (χ2n) is 6.82. The quantitative estimate of drug-likeness (QED) is 0.303. The van der Waals surface area contributed by atoms with Gasteiger partial charge in [-0.3, -0.25) is 4.79 Å². The first-order chi connectivity index (χ1) is 15.5. The number of carbonyl (C=O) groups is 1. The third kappa shape index (κ3) is 4.63. The number of hydrogen-bond acceptors (Lipinski definition) is 5. The number of amides is 1. The molecule has 7 nitrogen and oxygen atoms in total. The Morgan fingerprint density at radius 3 is 2.41 bits per heavy atom. The van der Waals surface area contributed by atoms with E-state index in [1.54, 1.807) is 72.8 Å². The molecule has 1 aromatic heterocycles. The second kappa shape index (κ2) is 9.46. The zero-order valence-electron chi connectivity index (χ0n) is 17.3. The standard InChI is InChI=1S/C23H21N3O4S2/c1-2-30-18-14-12-17(13-15-18)24-22(27)16-31-23-25-20-10-6-7-11-21(20)26(23)32(28,29)19-8-4-3-5-9-19/h3-15H,2,16H2,1H3,(H,24,27)/p+1. The third-order valence-electron chi connectivity index (χ3n) is 4.62. The molecule has 4 rings (SSSR count). The Morgan fingerprint density at radius 1 is 1.00 bits per heavy atom. The fourth-order valence-corrected chi connectivity index (χ4v) is 5.78. The van der Waals surface area contributed by atoms with Gasteiger partial charge in [0.25, 0.3) is 0 Å². The lowest BCUT2D eigenvalue weighted by molar-refractivity contribution is -0.526. The smallest absolute Gasteiger partial charge is 0.336 e. The Kier molecular flexibility index (Phi) is 6.48.